The largest absolute Gasteiger partial charge is 0.310 e. The van der Waals surface area contributed by atoms with Gasteiger partial charge in [-0.3, -0.25) is 0 Å². The number of rotatable bonds is 4. The molecule has 1 nitrogen and oxygen atoms in total. The summed E-state index contributed by atoms with van der Waals surface area (Å²) >= 11 is 9.64. The molecule has 0 aliphatic heterocycles. The van der Waals surface area contributed by atoms with E-state index in [0.29, 0.717) is 6.04 Å². The van der Waals surface area contributed by atoms with E-state index in [9.17, 15) is 0 Å². The fraction of sp³-hybridized carbons (Fsp3) is 0.625. The van der Waals surface area contributed by atoms with Crippen LogP contribution in [0.1, 0.15) is 51.0 Å². The van der Waals surface area contributed by atoms with Crippen molar-refractivity contribution in [1.82, 2.24) is 5.32 Å². The molecule has 2 rings (SSSR count). The lowest BCUT2D eigenvalue weighted by atomic mass is 9.93. The zero-order valence-corrected chi connectivity index (χ0v) is 13.9. The molecule has 0 unspecified atom stereocenters. The van der Waals surface area contributed by atoms with Crippen molar-refractivity contribution >= 4 is 27.5 Å². The van der Waals surface area contributed by atoms with Crippen molar-refractivity contribution in [3.63, 3.8) is 0 Å². The zero-order chi connectivity index (χ0) is 13.7. The number of halogens is 2. The van der Waals surface area contributed by atoms with Gasteiger partial charge in [-0.05, 0) is 49.4 Å². The Labute approximate surface area is 130 Å². The first-order chi connectivity index (χ1) is 9.16. The summed E-state index contributed by atoms with van der Waals surface area (Å²) < 4.78 is 1.14. The smallest absolute Gasteiger partial charge is 0.0410 e. The first-order valence-corrected chi connectivity index (χ1v) is 8.51. The van der Waals surface area contributed by atoms with Crippen molar-refractivity contribution in [2.24, 2.45) is 5.92 Å². The maximum atomic E-state index is 6.05. The Morgan fingerprint density at radius 2 is 1.95 bits per heavy atom. The molecule has 0 aromatic heterocycles. The number of hydrogen-bond donors (Lipinski definition) is 1. The van der Waals surface area contributed by atoms with Crippen LogP contribution in [0.3, 0.4) is 0 Å². The van der Waals surface area contributed by atoms with Crippen molar-refractivity contribution in [3.8, 4) is 0 Å². The summed E-state index contributed by atoms with van der Waals surface area (Å²) in [6, 6.07) is 6.57. The van der Waals surface area contributed by atoms with Gasteiger partial charge in [0.15, 0.2) is 0 Å². The van der Waals surface area contributed by atoms with Crippen LogP contribution < -0.4 is 5.32 Å². The van der Waals surface area contributed by atoms with E-state index in [0.717, 1.165) is 22.0 Å². The Morgan fingerprint density at radius 1 is 1.26 bits per heavy atom. The van der Waals surface area contributed by atoms with Gasteiger partial charge in [0, 0.05) is 22.1 Å². The topological polar surface area (TPSA) is 12.0 Å². The second-order valence-corrected chi connectivity index (χ2v) is 6.95. The van der Waals surface area contributed by atoms with Crippen LogP contribution >= 0.6 is 27.5 Å². The molecule has 1 aromatic carbocycles. The zero-order valence-electron chi connectivity index (χ0n) is 11.6. The maximum Gasteiger partial charge on any atom is 0.0410 e. The fourth-order valence-electron chi connectivity index (χ4n) is 2.93. The predicted octanol–water partition coefficient (Wildman–Crippen LogP) is 5.55. The van der Waals surface area contributed by atoms with Gasteiger partial charge in [0.05, 0.1) is 0 Å². The second kappa shape index (κ2) is 7.66. The third-order valence-electron chi connectivity index (χ3n) is 4.23. The van der Waals surface area contributed by atoms with E-state index in [1.54, 1.807) is 0 Å². The quantitative estimate of drug-likeness (QED) is 0.706. The number of nitrogens with one attached hydrogen (secondary N) is 1. The summed E-state index contributed by atoms with van der Waals surface area (Å²) in [5.74, 6) is 0.834. The van der Waals surface area contributed by atoms with E-state index in [1.807, 2.05) is 18.2 Å². The highest BCUT2D eigenvalue weighted by atomic mass is 79.9. The van der Waals surface area contributed by atoms with Crippen LogP contribution in [-0.4, -0.2) is 6.04 Å². The van der Waals surface area contributed by atoms with Crippen LogP contribution in [0.2, 0.25) is 5.02 Å². The van der Waals surface area contributed by atoms with Gasteiger partial charge in [-0.2, -0.15) is 0 Å². The van der Waals surface area contributed by atoms with Crippen molar-refractivity contribution in [2.75, 3.05) is 0 Å². The molecular formula is C16H23BrClN. The molecule has 1 aliphatic rings. The van der Waals surface area contributed by atoms with Crippen LogP contribution in [0.15, 0.2) is 22.7 Å². The summed E-state index contributed by atoms with van der Waals surface area (Å²) in [6.45, 7) is 3.22. The van der Waals surface area contributed by atoms with Crippen molar-refractivity contribution in [3.05, 3.63) is 33.3 Å². The van der Waals surface area contributed by atoms with E-state index >= 15 is 0 Å². The highest BCUT2D eigenvalue weighted by molar-refractivity contribution is 9.10. The van der Waals surface area contributed by atoms with Gasteiger partial charge in [-0.25, -0.2) is 0 Å². The van der Waals surface area contributed by atoms with Crippen molar-refractivity contribution < 1.29 is 0 Å². The number of hydrogen-bond acceptors (Lipinski definition) is 1. The second-order valence-electron chi connectivity index (χ2n) is 5.66. The highest BCUT2D eigenvalue weighted by Crippen LogP contribution is 2.26. The van der Waals surface area contributed by atoms with Gasteiger partial charge >= 0.3 is 0 Å². The summed E-state index contributed by atoms with van der Waals surface area (Å²) in [7, 11) is 0. The normalized spacial score (nSPS) is 19.1. The van der Waals surface area contributed by atoms with Crippen LogP contribution in [0.4, 0.5) is 0 Å². The molecular weight excluding hydrogens is 322 g/mol. The molecule has 0 bridgehead atoms. The monoisotopic (exact) mass is 343 g/mol. The van der Waals surface area contributed by atoms with Crippen LogP contribution in [0, 0.1) is 5.92 Å². The molecule has 19 heavy (non-hydrogen) atoms. The van der Waals surface area contributed by atoms with E-state index < -0.39 is 0 Å². The summed E-state index contributed by atoms with van der Waals surface area (Å²) in [6.07, 6.45) is 8.40. The van der Waals surface area contributed by atoms with Crippen LogP contribution in [0.25, 0.3) is 0 Å². The van der Waals surface area contributed by atoms with Crippen molar-refractivity contribution in [1.29, 1.82) is 0 Å². The molecule has 106 valence electrons. The molecule has 0 amide bonds. The van der Waals surface area contributed by atoms with Gasteiger partial charge in [-0.1, -0.05) is 53.2 Å². The Balaban J connectivity index is 1.88. The SMILES string of the molecule is C[C@@H](NCc1cc(Cl)ccc1Br)C1CCCCCC1. The van der Waals surface area contributed by atoms with Gasteiger partial charge < -0.3 is 5.32 Å². The van der Waals surface area contributed by atoms with Gasteiger partial charge in [0.1, 0.15) is 0 Å². The minimum Gasteiger partial charge on any atom is -0.310 e. The summed E-state index contributed by atoms with van der Waals surface area (Å²) in [4.78, 5) is 0. The van der Waals surface area contributed by atoms with Gasteiger partial charge in [0.2, 0.25) is 0 Å². The third kappa shape index (κ3) is 4.77. The van der Waals surface area contributed by atoms with Crippen molar-refractivity contribution in [2.45, 2.75) is 58.0 Å². The van der Waals surface area contributed by atoms with Gasteiger partial charge in [0.25, 0.3) is 0 Å². The van der Waals surface area contributed by atoms with E-state index in [-0.39, 0.29) is 0 Å². The maximum absolute atomic E-state index is 6.05. The molecule has 0 spiro atoms. The van der Waals surface area contributed by atoms with Crippen LogP contribution in [-0.2, 0) is 6.54 Å². The molecule has 1 aliphatic carbocycles. The Kier molecular flexibility index (Phi) is 6.18. The first-order valence-electron chi connectivity index (χ1n) is 7.34. The van der Waals surface area contributed by atoms with Gasteiger partial charge in [-0.15, -0.1) is 0 Å². The molecule has 0 saturated heterocycles. The average molecular weight is 345 g/mol. The molecule has 0 heterocycles. The fourth-order valence-corrected chi connectivity index (χ4v) is 3.51. The van der Waals surface area contributed by atoms with E-state index in [4.69, 9.17) is 11.6 Å². The Morgan fingerprint density at radius 3 is 2.63 bits per heavy atom. The summed E-state index contributed by atoms with van der Waals surface area (Å²) in [5, 5.41) is 4.48. The molecule has 1 atom stereocenters. The molecule has 1 fully saturated rings. The summed E-state index contributed by atoms with van der Waals surface area (Å²) in [5.41, 5.74) is 1.24. The lowest BCUT2D eigenvalue weighted by molar-refractivity contribution is 0.336. The lowest BCUT2D eigenvalue weighted by Gasteiger charge is -2.24. The molecule has 1 aromatic rings. The van der Waals surface area contributed by atoms with Crippen LogP contribution in [0.5, 0.6) is 0 Å². The molecule has 3 heteroatoms. The minimum absolute atomic E-state index is 0.587. The highest BCUT2D eigenvalue weighted by Gasteiger charge is 2.18. The van der Waals surface area contributed by atoms with E-state index in [1.165, 1.54) is 44.1 Å². The van der Waals surface area contributed by atoms with E-state index in [2.05, 4.69) is 28.2 Å². The number of benzene rings is 1. The Bertz CT molecular complexity index is 400. The lowest BCUT2D eigenvalue weighted by Crippen LogP contribution is -2.33. The predicted molar refractivity (Wildman–Crippen MR) is 86.6 cm³/mol. The average Bonchev–Trinajstić information content (AvgIpc) is 2.68. The molecule has 1 N–H and O–H groups in total. The third-order valence-corrected chi connectivity index (χ3v) is 5.24. The standard InChI is InChI=1S/C16H23BrClN/c1-12(13-6-4-2-3-5-7-13)19-11-14-10-15(18)8-9-16(14)17/h8-10,12-13,19H,2-7,11H2,1H3/t12-/m1/s1. The minimum atomic E-state index is 0.587. The first kappa shape index (κ1) is 15.3. The Hall–Kier alpha value is -0.0500. The molecule has 0 radical (unpaired) electrons. The molecule has 1 saturated carbocycles.